The molecule has 1 amide bonds. The molecule has 0 spiro atoms. The van der Waals surface area contributed by atoms with Crippen molar-refractivity contribution in [3.63, 3.8) is 0 Å². The summed E-state index contributed by atoms with van der Waals surface area (Å²) in [6, 6.07) is 19.1. The zero-order valence-corrected chi connectivity index (χ0v) is 20.4. The van der Waals surface area contributed by atoms with Gasteiger partial charge in [0.2, 0.25) is 0 Å². The molecular weight excluding hydrogens is 444 g/mol. The lowest BCUT2D eigenvalue weighted by Crippen LogP contribution is -2.29. The molecule has 0 saturated carbocycles. The Morgan fingerprint density at radius 3 is 2.03 bits per heavy atom. The van der Waals surface area contributed by atoms with Gasteiger partial charge in [0.15, 0.2) is 0 Å². The molecule has 35 heavy (non-hydrogen) atoms. The number of aryl methyl sites for hydroxylation is 1. The summed E-state index contributed by atoms with van der Waals surface area (Å²) in [4.78, 5) is 30.3. The van der Waals surface area contributed by atoms with Gasteiger partial charge in [-0.2, -0.15) is 0 Å². The molecule has 0 radical (unpaired) electrons. The van der Waals surface area contributed by atoms with Crippen LogP contribution in [-0.4, -0.2) is 45.1 Å². The molecule has 0 bridgehead atoms. The number of aliphatic hydroxyl groups is 1. The standard InChI is InChI=1S/C28H28N2O5/c1-17-9-6-7-10-20(17)25-24(26(31)23-21(34-4)11-8-12-22(23)35-5)27(32)28(33)30(25)19-15-13-18(14-16-19)29(2)3/h6-16,25,31H,1-5H3/b26-24+. The summed E-state index contributed by atoms with van der Waals surface area (Å²) in [6.07, 6.45) is 0. The van der Waals surface area contributed by atoms with Crippen molar-refractivity contribution in [2.75, 3.05) is 38.1 Å². The Balaban J connectivity index is 2.00. The number of amides is 1. The number of Topliss-reactive ketones (excluding diaryl/α,β-unsaturated/α-hetero) is 1. The van der Waals surface area contributed by atoms with Crippen molar-refractivity contribution in [2.24, 2.45) is 0 Å². The van der Waals surface area contributed by atoms with Crippen molar-refractivity contribution in [2.45, 2.75) is 13.0 Å². The average molecular weight is 473 g/mol. The summed E-state index contributed by atoms with van der Waals surface area (Å²) in [5.74, 6) is -1.19. The van der Waals surface area contributed by atoms with Crippen LogP contribution in [0.15, 0.2) is 72.3 Å². The second kappa shape index (κ2) is 9.54. The Kier molecular flexibility index (Phi) is 6.51. The molecular formula is C28H28N2O5. The molecule has 1 heterocycles. The summed E-state index contributed by atoms with van der Waals surface area (Å²) in [5.41, 5.74) is 3.32. The Bertz CT molecular complexity index is 1290. The van der Waals surface area contributed by atoms with Crippen molar-refractivity contribution in [3.8, 4) is 11.5 Å². The lowest BCUT2D eigenvalue weighted by molar-refractivity contribution is -0.132. The van der Waals surface area contributed by atoms with Crippen molar-refractivity contribution < 1.29 is 24.2 Å². The number of carbonyl (C=O) groups is 2. The van der Waals surface area contributed by atoms with Crippen LogP contribution >= 0.6 is 0 Å². The van der Waals surface area contributed by atoms with Gasteiger partial charge in [0.25, 0.3) is 11.7 Å². The highest BCUT2D eigenvalue weighted by atomic mass is 16.5. The fraction of sp³-hybridized carbons (Fsp3) is 0.214. The number of ketones is 1. The third-order valence-corrected chi connectivity index (χ3v) is 6.24. The summed E-state index contributed by atoms with van der Waals surface area (Å²) in [7, 11) is 6.79. The van der Waals surface area contributed by atoms with Crippen molar-refractivity contribution in [1.29, 1.82) is 0 Å². The van der Waals surface area contributed by atoms with Crippen molar-refractivity contribution in [3.05, 3.63) is 89.0 Å². The van der Waals surface area contributed by atoms with Crippen LogP contribution in [0.5, 0.6) is 11.5 Å². The third kappa shape index (κ3) is 4.10. The number of hydrogen-bond donors (Lipinski definition) is 1. The molecule has 1 aliphatic rings. The van der Waals surface area contributed by atoms with E-state index in [4.69, 9.17) is 9.47 Å². The molecule has 180 valence electrons. The zero-order chi connectivity index (χ0) is 25.3. The first-order valence-electron chi connectivity index (χ1n) is 11.2. The molecule has 7 nitrogen and oxygen atoms in total. The Hall–Kier alpha value is -4.26. The number of benzene rings is 3. The van der Waals surface area contributed by atoms with Crippen LogP contribution in [0, 0.1) is 6.92 Å². The van der Waals surface area contributed by atoms with Gasteiger partial charge in [0.05, 0.1) is 25.8 Å². The van der Waals surface area contributed by atoms with Crippen molar-refractivity contribution >= 4 is 28.8 Å². The monoisotopic (exact) mass is 472 g/mol. The lowest BCUT2D eigenvalue weighted by Gasteiger charge is -2.27. The minimum absolute atomic E-state index is 0.0243. The van der Waals surface area contributed by atoms with Crippen LogP contribution < -0.4 is 19.3 Å². The van der Waals surface area contributed by atoms with Crippen LogP contribution in [-0.2, 0) is 9.59 Å². The fourth-order valence-electron chi connectivity index (χ4n) is 4.42. The summed E-state index contributed by atoms with van der Waals surface area (Å²) >= 11 is 0. The Morgan fingerprint density at radius 1 is 0.886 bits per heavy atom. The molecule has 7 heteroatoms. The first-order chi connectivity index (χ1) is 16.8. The number of carbonyl (C=O) groups excluding carboxylic acids is 2. The number of methoxy groups -OCH3 is 2. The maximum Gasteiger partial charge on any atom is 0.300 e. The first kappa shape index (κ1) is 23.9. The summed E-state index contributed by atoms with van der Waals surface area (Å²) in [5, 5.41) is 11.5. The first-order valence-corrected chi connectivity index (χ1v) is 11.2. The number of nitrogens with zero attached hydrogens (tertiary/aromatic N) is 2. The minimum Gasteiger partial charge on any atom is -0.506 e. The number of hydrogen-bond acceptors (Lipinski definition) is 6. The van der Waals surface area contributed by atoms with E-state index in [1.165, 1.54) is 19.1 Å². The molecule has 1 aliphatic heterocycles. The number of anilines is 2. The van der Waals surface area contributed by atoms with Gasteiger partial charge in [-0.25, -0.2) is 0 Å². The maximum absolute atomic E-state index is 13.5. The van der Waals surface area contributed by atoms with Crippen LogP contribution in [0.1, 0.15) is 22.7 Å². The van der Waals surface area contributed by atoms with E-state index in [0.29, 0.717) is 17.2 Å². The van der Waals surface area contributed by atoms with Gasteiger partial charge in [0, 0.05) is 25.5 Å². The third-order valence-electron chi connectivity index (χ3n) is 6.24. The van der Waals surface area contributed by atoms with Gasteiger partial charge in [-0.15, -0.1) is 0 Å². The lowest BCUT2D eigenvalue weighted by atomic mass is 9.92. The van der Waals surface area contributed by atoms with Gasteiger partial charge in [-0.05, 0) is 54.4 Å². The van der Waals surface area contributed by atoms with E-state index < -0.39 is 17.7 Å². The highest BCUT2D eigenvalue weighted by Gasteiger charge is 2.47. The fourth-order valence-corrected chi connectivity index (χ4v) is 4.42. The van der Waals surface area contributed by atoms with E-state index >= 15 is 0 Å². The topological polar surface area (TPSA) is 79.3 Å². The molecule has 4 rings (SSSR count). The molecule has 1 fully saturated rings. The summed E-state index contributed by atoms with van der Waals surface area (Å²) in [6.45, 7) is 1.91. The van der Waals surface area contributed by atoms with Crippen LogP contribution in [0.25, 0.3) is 5.76 Å². The molecule has 3 aromatic rings. The van der Waals surface area contributed by atoms with Gasteiger partial charge >= 0.3 is 0 Å². The van der Waals surface area contributed by atoms with Gasteiger partial charge in [-0.3, -0.25) is 14.5 Å². The van der Waals surface area contributed by atoms with Gasteiger partial charge < -0.3 is 19.5 Å². The van der Waals surface area contributed by atoms with E-state index in [1.54, 1.807) is 30.3 Å². The molecule has 1 unspecified atom stereocenters. The number of rotatable bonds is 6. The van der Waals surface area contributed by atoms with E-state index in [2.05, 4.69) is 0 Å². The molecule has 0 aliphatic carbocycles. The largest absolute Gasteiger partial charge is 0.506 e. The molecule has 0 aromatic heterocycles. The normalized spacial score (nSPS) is 16.9. The molecule has 1 saturated heterocycles. The quantitative estimate of drug-likeness (QED) is 0.318. The smallest absolute Gasteiger partial charge is 0.300 e. The van der Waals surface area contributed by atoms with E-state index in [1.807, 2.05) is 62.3 Å². The van der Waals surface area contributed by atoms with Gasteiger partial charge in [-0.1, -0.05) is 30.3 Å². The molecule has 1 atom stereocenters. The van der Waals surface area contributed by atoms with E-state index in [9.17, 15) is 14.7 Å². The average Bonchev–Trinajstić information content (AvgIpc) is 3.13. The summed E-state index contributed by atoms with van der Waals surface area (Å²) < 4.78 is 10.9. The van der Waals surface area contributed by atoms with E-state index in [0.717, 1.165) is 16.8 Å². The van der Waals surface area contributed by atoms with E-state index in [-0.39, 0.29) is 16.9 Å². The second-order valence-electron chi connectivity index (χ2n) is 8.47. The predicted octanol–water partition coefficient (Wildman–Crippen LogP) is 4.70. The molecule has 3 aromatic carbocycles. The highest BCUT2D eigenvalue weighted by molar-refractivity contribution is 6.51. The molecule has 1 N–H and O–H groups in total. The van der Waals surface area contributed by atoms with Crippen molar-refractivity contribution in [1.82, 2.24) is 0 Å². The van der Waals surface area contributed by atoms with Gasteiger partial charge in [0.1, 0.15) is 22.8 Å². The van der Waals surface area contributed by atoms with Crippen LogP contribution in [0.2, 0.25) is 0 Å². The SMILES string of the molecule is COc1cccc(OC)c1/C(O)=C1\C(=O)C(=O)N(c2ccc(N(C)C)cc2)C1c1ccccc1C. The van der Waals surface area contributed by atoms with Crippen LogP contribution in [0.3, 0.4) is 0 Å². The minimum atomic E-state index is -0.837. The second-order valence-corrected chi connectivity index (χ2v) is 8.47. The maximum atomic E-state index is 13.5. The predicted molar refractivity (Wildman–Crippen MR) is 136 cm³/mol. The number of aliphatic hydroxyl groups excluding tert-OH is 1. The Morgan fingerprint density at radius 2 is 1.49 bits per heavy atom. The Labute approximate surface area is 204 Å². The highest BCUT2D eigenvalue weighted by Crippen LogP contribution is 2.45. The zero-order valence-electron chi connectivity index (χ0n) is 20.4. The number of ether oxygens (including phenoxy) is 2. The van der Waals surface area contributed by atoms with Crippen LogP contribution in [0.4, 0.5) is 11.4 Å².